The molecule has 0 bridgehead atoms. The predicted octanol–water partition coefficient (Wildman–Crippen LogP) is 5.02. The Bertz CT molecular complexity index is 939. The van der Waals surface area contributed by atoms with E-state index in [1.54, 1.807) is 42.1 Å². The van der Waals surface area contributed by atoms with E-state index < -0.39 is 24.2 Å². The highest BCUT2D eigenvalue weighted by atomic mass is 79.9. The zero-order chi connectivity index (χ0) is 23.5. The van der Waals surface area contributed by atoms with Gasteiger partial charge in [0, 0.05) is 33.8 Å². The number of carbonyl (C=O) groups excluding carboxylic acids is 2. The van der Waals surface area contributed by atoms with Gasteiger partial charge in [0.05, 0.1) is 6.10 Å². The van der Waals surface area contributed by atoms with Crippen molar-refractivity contribution < 1.29 is 29.4 Å². The van der Waals surface area contributed by atoms with Gasteiger partial charge in [0.2, 0.25) is 0 Å². The molecule has 0 aliphatic rings. The lowest BCUT2D eigenvalue weighted by molar-refractivity contribution is -0.124. The molecule has 2 aromatic rings. The Morgan fingerprint density at radius 1 is 1.22 bits per heavy atom. The summed E-state index contributed by atoms with van der Waals surface area (Å²) in [5.74, 6) is -0.698. The molecule has 4 N–H and O–H groups in total. The largest absolute Gasteiger partial charge is 0.508 e. The third kappa shape index (κ3) is 7.86. The third-order valence-electron chi connectivity index (χ3n) is 4.50. The number of aromatic hydroxyl groups is 1. The highest BCUT2D eigenvalue weighted by Gasteiger charge is 2.29. The van der Waals surface area contributed by atoms with Gasteiger partial charge in [0.15, 0.2) is 6.10 Å². The number of hydrogen-bond donors (Lipinski definition) is 4. The van der Waals surface area contributed by atoms with Gasteiger partial charge in [-0.25, -0.2) is 10.3 Å². The first-order valence-corrected chi connectivity index (χ1v) is 11.6. The first-order valence-electron chi connectivity index (χ1n) is 9.61. The van der Waals surface area contributed by atoms with E-state index in [0.29, 0.717) is 28.6 Å². The van der Waals surface area contributed by atoms with Crippen LogP contribution in [0.2, 0.25) is 0 Å². The molecule has 2 rings (SSSR count). The second kappa shape index (κ2) is 13.1. The van der Waals surface area contributed by atoms with Gasteiger partial charge >= 0.3 is 6.09 Å². The Labute approximate surface area is 199 Å². The summed E-state index contributed by atoms with van der Waals surface area (Å²) in [5, 5.41) is 21.6. The summed E-state index contributed by atoms with van der Waals surface area (Å²) in [5.41, 5.74) is 2.45. The van der Waals surface area contributed by atoms with Crippen LogP contribution in [0, 0.1) is 0 Å². The summed E-state index contributed by atoms with van der Waals surface area (Å²) < 4.78 is 11.9. The minimum absolute atomic E-state index is 0.0485. The molecule has 2 amide bonds. The van der Waals surface area contributed by atoms with Crippen LogP contribution in [-0.2, 0) is 14.3 Å². The molecular formula is C22H25BrN2O6S. The van der Waals surface area contributed by atoms with Gasteiger partial charge in [-0.2, -0.15) is 0 Å². The number of benzene rings is 2. The highest BCUT2D eigenvalue weighted by Crippen LogP contribution is 2.35. The number of ether oxygens (including phenoxy) is 2. The van der Waals surface area contributed by atoms with Crippen LogP contribution >= 0.6 is 27.7 Å². The van der Waals surface area contributed by atoms with Gasteiger partial charge < -0.3 is 14.6 Å². The Kier molecular flexibility index (Phi) is 10.5. The van der Waals surface area contributed by atoms with Crippen molar-refractivity contribution in [3.63, 3.8) is 0 Å². The van der Waals surface area contributed by atoms with Crippen molar-refractivity contribution in [3.05, 3.63) is 64.7 Å². The molecule has 2 aromatic carbocycles. The van der Waals surface area contributed by atoms with Crippen molar-refractivity contribution in [1.29, 1.82) is 0 Å². The molecule has 0 unspecified atom stereocenters. The summed E-state index contributed by atoms with van der Waals surface area (Å²) in [6, 6.07) is 12.1. The van der Waals surface area contributed by atoms with E-state index >= 15 is 0 Å². The number of hydroxylamine groups is 1. The number of thioether (sulfide) groups is 1. The molecule has 0 aliphatic heterocycles. The molecule has 32 heavy (non-hydrogen) atoms. The summed E-state index contributed by atoms with van der Waals surface area (Å²) in [6.07, 6.45) is 3.22. The van der Waals surface area contributed by atoms with Crippen molar-refractivity contribution in [3.8, 4) is 5.75 Å². The number of phenols is 1. The van der Waals surface area contributed by atoms with Crippen molar-refractivity contribution in [2.45, 2.75) is 29.9 Å². The van der Waals surface area contributed by atoms with E-state index in [2.05, 4.69) is 21.2 Å². The molecule has 10 heteroatoms. The van der Waals surface area contributed by atoms with E-state index in [0.717, 1.165) is 4.90 Å². The van der Waals surface area contributed by atoms with Crippen molar-refractivity contribution in [1.82, 2.24) is 5.48 Å². The Hall–Kier alpha value is -2.53. The average molecular weight is 525 g/mol. The molecule has 0 fully saturated rings. The minimum atomic E-state index is -0.928. The first kappa shape index (κ1) is 25.7. The number of hydrogen-bond acceptors (Lipinski definition) is 7. The number of nitrogens with one attached hydrogen (secondary N) is 2. The number of methoxy groups -OCH3 is 1. The molecule has 0 heterocycles. The zero-order valence-corrected chi connectivity index (χ0v) is 20.0. The van der Waals surface area contributed by atoms with Crippen LogP contribution in [0.4, 0.5) is 10.5 Å². The Morgan fingerprint density at radius 3 is 2.56 bits per heavy atom. The van der Waals surface area contributed by atoms with Crippen LogP contribution < -0.4 is 10.8 Å². The van der Waals surface area contributed by atoms with E-state index in [1.807, 2.05) is 18.4 Å². The number of allylic oxidation sites excluding steroid dienone is 1. The van der Waals surface area contributed by atoms with Crippen LogP contribution in [0.1, 0.15) is 24.5 Å². The summed E-state index contributed by atoms with van der Waals surface area (Å²) >= 11 is 4.96. The number of rotatable bonds is 10. The lowest BCUT2D eigenvalue weighted by atomic mass is 9.99. The minimum Gasteiger partial charge on any atom is -0.508 e. The number of phenolic OH excluding ortho intramolecular Hbond substituents is 1. The molecular weight excluding hydrogens is 500 g/mol. The number of anilines is 1. The zero-order valence-electron chi connectivity index (χ0n) is 17.6. The lowest BCUT2D eigenvalue weighted by Gasteiger charge is -2.27. The number of carbonyl (C=O) groups is 2. The van der Waals surface area contributed by atoms with Gasteiger partial charge in [-0.3, -0.25) is 15.3 Å². The summed E-state index contributed by atoms with van der Waals surface area (Å²) in [7, 11) is 1.47. The average Bonchev–Trinajstić information content (AvgIpc) is 2.80. The summed E-state index contributed by atoms with van der Waals surface area (Å²) in [6.45, 7) is 0. The third-order valence-corrected chi connectivity index (χ3v) is 5.74. The maximum atomic E-state index is 12.6. The monoisotopic (exact) mass is 524 g/mol. The molecule has 0 spiro atoms. The standard InChI is InChI=1S/C22H25BrN2O6S/c1-30-19(5-3-4-6-20(27)25-29)21(17-13-14(23)7-12-18(17)26)31-22(28)24-15-8-10-16(32-2)11-9-15/h4,6-13,19,21,26,29H,3,5H2,1-2H3,(H,24,28)(H,25,27)/b6-4+/t19-,21-/m0/s1. The van der Waals surface area contributed by atoms with E-state index in [4.69, 9.17) is 14.7 Å². The Morgan fingerprint density at radius 2 is 1.94 bits per heavy atom. The van der Waals surface area contributed by atoms with E-state index in [-0.39, 0.29) is 5.75 Å². The van der Waals surface area contributed by atoms with Gasteiger partial charge in [-0.1, -0.05) is 22.0 Å². The molecule has 8 nitrogen and oxygen atoms in total. The molecule has 0 aromatic heterocycles. The smallest absolute Gasteiger partial charge is 0.412 e. The molecule has 0 saturated carbocycles. The van der Waals surface area contributed by atoms with Crippen molar-refractivity contribution in [2.24, 2.45) is 0 Å². The number of amides is 2. The van der Waals surface area contributed by atoms with Crippen LogP contribution in [0.25, 0.3) is 0 Å². The fraction of sp³-hybridized carbons (Fsp3) is 0.273. The predicted molar refractivity (Wildman–Crippen MR) is 126 cm³/mol. The molecule has 2 atom stereocenters. The van der Waals surface area contributed by atoms with Gasteiger partial charge in [0.25, 0.3) is 5.91 Å². The van der Waals surface area contributed by atoms with E-state index in [1.165, 1.54) is 24.7 Å². The quantitative estimate of drug-likeness (QED) is 0.149. The fourth-order valence-corrected chi connectivity index (χ4v) is 3.70. The van der Waals surface area contributed by atoms with Crippen LogP contribution in [0.3, 0.4) is 0 Å². The topological polar surface area (TPSA) is 117 Å². The molecule has 172 valence electrons. The first-order chi connectivity index (χ1) is 15.4. The maximum Gasteiger partial charge on any atom is 0.412 e. The SMILES string of the molecule is CO[C@@H](CC/C=C/C(=O)NO)[C@@H](OC(=O)Nc1ccc(SC)cc1)c1cc(Br)ccc1O. The van der Waals surface area contributed by atoms with Crippen LogP contribution in [0.15, 0.2) is 64.0 Å². The molecule has 0 saturated heterocycles. The Balaban J connectivity index is 2.20. The number of halogens is 1. The highest BCUT2D eigenvalue weighted by molar-refractivity contribution is 9.10. The van der Waals surface area contributed by atoms with Crippen LogP contribution in [0.5, 0.6) is 5.75 Å². The van der Waals surface area contributed by atoms with Crippen molar-refractivity contribution >= 4 is 45.4 Å². The van der Waals surface area contributed by atoms with Gasteiger partial charge in [-0.15, -0.1) is 11.8 Å². The van der Waals surface area contributed by atoms with Gasteiger partial charge in [-0.05, 0) is 61.6 Å². The van der Waals surface area contributed by atoms with E-state index in [9.17, 15) is 14.7 Å². The second-order valence-corrected chi connectivity index (χ2v) is 8.41. The summed E-state index contributed by atoms with van der Waals surface area (Å²) in [4.78, 5) is 24.8. The molecule has 0 radical (unpaired) electrons. The fourth-order valence-electron chi connectivity index (χ4n) is 2.91. The van der Waals surface area contributed by atoms with Crippen LogP contribution in [-0.4, -0.2) is 41.8 Å². The second-order valence-electron chi connectivity index (χ2n) is 6.61. The van der Waals surface area contributed by atoms with Crippen molar-refractivity contribution in [2.75, 3.05) is 18.7 Å². The maximum absolute atomic E-state index is 12.6. The molecule has 0 aliphatic carbocycles. The lowest BCUT2D eigenvalue weighted by Crippen LogP contribution is -2.28. The van der Waals surface area contributed by atoms with Gasteiger partial charge in [0.1, 0.15) is 5.75 Å². The normalized spacial score (nSPS) is 12.9.